The van der Waals surface area contributed by atoms with Crippen LogP contribution in [0.3, 0.4) is 0 Å². The SMILES string of the molecule is c1ccc2c(c1)-c1ccccc1C21c2ccccc2-c2c(N(c3ccc4oc5ccccc5c4c3)c3cccc4c3-c3ccccc3C43c4ccc5ccccc5c4Oc4c3ccc3ccccc43)cccc21. The molecule has 0 unspecified atom stereocenters. The molecular formula is C70H41NO2. The molecular weight excluding hydrogens is 887 g/mol. The van der Waals surface area contributed by atoms with E-state index in [4.69, 9.17) is 9.15 Å². The molecule has 4 aliphatic rings. The van der Waals surface area contributed by atoms with Crippen molar-refractivity contribution in [3.05, 3.63) is 293 Å². The largest absolute Gasteiger partial charge is 0.456 e. The molecule has 17 rings (SSSR count). The lowest BCUT2D eigenvalue weighted by atomic mass is 9.65. The van der Waals surface area contributed by atoms with E-state index in [0.29, 0.717) is 0 Å². The molecule has 3 aliphatic carbocycles. The van der Waals surface area contributed by atoms with Crippen LogP contribution in [0.4, 0.5) is 17.1 Å². The van der Waals surface area contributed by atoms with E-state index in [9.17, 15) is 0 Å². The van der Waals surface area contributed by atoms with Gasteiger partial charge in [0.1, 0.15) is 22.7 Å². The lowest BCUT2D eigenvalue weighted by Crippen LogP contribution is -2.32. The number of hydrogen-bond donors (Lipinski definition) is 0. The third-order valence-electron chi connectivity index (χ3n) is 16.9. The molecule has 12 aromatic carbocycles. The number of para-hydroxylation sites is 1. The fraction of sp³-hybridized carbons (Fsp3) is 0.0286. The second kappa shape index (κ2) is 14.1. The summed E-state index contributed by atoms with van der Waals surface area (Å²) in [6.45, 7) is 0. The van der Waals surface area contributed by atoms with Crippen molar-refractivity contribution in [2.45, 2.75) is 10.8 Å². The number of furan rings is 1. The average Bonchev–Trinajstić information content (AvgIpc) is 4.25. The van der Waals surface area contributed by atoms with Gasteiger partial charge in [-0.05, 0) is 103 Å². The zero-order chi connectivity index (χ0) is 47.6. The molecule has 1 aliphatic heterocycles. The summed E-state index contributed by atoms with van der Waals surface area (Å²) in [6, 6.07) is 92.3. The Morgan fingerprint density at radius 2 is 0.712 bits per heavy atom. The minimum Gasteiger partial charge on any atom is -0.456 e. The number of ether oxygens (including phenoxy) is 1. The van der Waals surface area contributed by atoms with Crippen molar-refractivity contribution in [3.63, 3.8) is 0 Å². The lowest BCUT2D eigenvalue weighted by molar-refractivity contribution is 0.447. The molecule has 1 aromatic heterocycles. The lowest BCUT2D eigenvalue weighted by Gasteiger charge is -2.40. The Labute approximate surface area is 421 Å². The van der Waals surface area contributed by atoms with Crippen molar-refractivity contribution in [1.29, 1.82) is 0 Å². The molecule has 73 heavy (non-hydrogen) atoms. The van der Waals surface area contributed by atoms with Gasteiger partial charge in [0.2, 0.25) is 0 Å². The fourth-order valence-electron chi connectivity index (χ4n) is 14.2. The Balaban J connectivity index is 1.01. The molecule has 0 N–H and O–H groups in total. The van der Waals surface area contributed by atoms with Crippen LogP contribution in [0.5, 0.6) is 11.5 Å². The predicted molar refractivity (Wildman–Crippen MR) is 297 cm³/mol. The van der Waals surface area contributed by atoms with Crippen LogP contribution in [0, 0.1) is 0 Å². The maximum Gasteiger partial charge on any atom is 0.140 e. The predicted octanol–water partition coefficient (Wildman–Crippen LogP) is 18.2. The molecule has 0 saturated heterocycles. The van der Waals surface area contributed by atoms with Gasteiger partial charge in [0.05, 0.1) is 22.2 Å². The van der Waals surface area contributed by atoms with Crippen LogP contribution in [0.15, 0.2) is 253 Å². The van der Waals surface area contributed by atoms with E-state index in [0.717, 1.165) is 83.2 Å². The highest BCUT2D eigenvalue weighted by Crippen LogP contribution is 2.68. The van der Waals surface area contributed by atoms with Crippen LogP contribution in [-0.4, -0.2) is 0 Å². The van der Waals surface area contributed by atoms with Crippen molar-refractivity contribution >= 4 is 60.5 Å². The summed E-state index contributed by atoms with van der Waals surface area (Å²) in [6.07, 6.45) is 0. The second-order valence-electron chi connectivity index (χ2n) is 20.1. The first kappa shape index (κ1) is 39.3. The standard InChI is InChI=1S/C70H41NO2/c1-3-19-45-42(17-1)35-38-59-67(45)73-68-46-20-4-2-18-43(46)36-39-60(68)70(59)56-29-13-8-25-51(56)66-58(70)31-16-33-62(66)71(44-37-40-64-52(41-44)49-23-9-14-34-63(49)72-64)61-32-15-30-57-65(61)50-24-7-12-28-55(50)69(57)53-26-10-5-21-47(53)48-22-6-11-27-54(48)69/h1-41H. The third kappa shape index (κ3) is 4.80. The van der Waals surface area contributed by atoms with Crippen LogP contribution in [0.25, 0.3) is 76.9 Å². The van der Waals surface area contributed by atoms with Gasteiger partial charge in [0.25, 0.3) is 0 Å². The first-order valence-electron chi connectivity index (χ1n) is 25.3. The molecule has 3 nitrogen and oxygen atoms in total. The van der Waals surface area contributed by atoms with Crippen LogP contribution in [-0.2, 0) is 10.8 Å². The van der Waals surface area contributed by atoms with Crippen molar-refractivity contribution < 1.29 is 9.15 Å². The van der Waals surface area contributed by atoms with Gasteiger partial charge in [-0.15, -0.1) is 0 Å². The number of fused-ring (bicyclic) bond motifs is 26. The highest BCUT2D eigenvalue weighted by Gasteiger charge is 2.55. The second-order valence-corrected chi connectivity index (χ2v) is 20.1. The minimum absolute atomic E-state index is 0.512. The van der Waals surface area contributed by atoms with Gasteiger partial charge >= 0.3 is 0 Å². The average molecular weight is 928 g/mol. The van der Waals surface area contributed by atoms with E-state index in [1.807, 2.05) is 0 Å². The Bertz CT molecular complexity index is 4440. The summed E-state index contributed by atoms with van der Waals surface area (Å²) < 4.78 is 13.9. The normalized spacial score (nSPS) is 14.4. The van der Waals surface area contributed by atoms with Crippen molar-refractivity contribution in [3.8, 4) is 44.9 Å². The van der Waals surface area contributed by atoms with Crippen LogP contribution >= 0.6 is 0 Å². The zero-order valence-corrected chi connectivity index (χ0v) is 39.4. The van der Waals surface area contributed by atoms with E-state index < -0.39 is 10.8 Å². The fourth-order valence-corrected chi connectivity index (χ4v) is 14.2. The highest BCUT2D eigenvalue weighted by molar-refractivity contribution is 6.10. The Morgan fingerprint density at radius 3 is 1.27 bits per heavy atom. The number of anilines is 3. The highest BCUT2D eigenvalue weighted by atomic mass is 16.5. The number of nitrogens with zero attached hydrogens (tertiary/aromatic N) is 1. The summed E-state index contributed by atoms with van der Waals surface area (Å²) in [5.41, 5.74) is 21.3. The zero-order valence-electron chi connectivity index (χ0n) is 39.4. The van der Waals surface area contributed by atoms with Crippen LogP contribution in [0.2, 0.25) is 0 Å². The molecule has 0 amide bonds. The summed E-state index contributed by atoms with van der Waals surface area (Å²) in [5, 5.41) is 6.68. The molecule has 0 bridgehead atoms. The summed E-state index contributed by atoms with van der Waals surface area (Å²) in [5.74, 6) is 1.81. The van der Waals surface area contributed by atoms with Crippen molar-refractivity contribution in [2.24, 2.45) is 0 Å². The molecule has 0 atom stereocenters. The first-order valence-corrected chi connectivity index (χ1v) is 25.3. The molecule has 2 heterocycles. The molecule has 338 valence electrons. The van der Waals surface area contributed by atoms with Gasteiger partial charge in [-0.2, -0.15) is 0 Å². The molecule has 0 radical (unpaired) electrons. The van der Waals surface area contributed by atoms with E-state index in [1.165, 1.54) is 66.8 Å². The van der Waals surface area contributed by atoms with E-state index in [1.54, 1.807) is 0 Å². The van der Waals surface area contributed by atoms with Crippen molar-refractivity contribution in [1.82, 2.24) is 0 Å². The molecule has 0 saturated carbocycles. The number of rotatable bonds is 3. The summed E-state index contributed by atoms with van der Waals surface area (Å²) >= 11 is 0. The minimum atomic E-state index is -0.720. The van der Waals surface area contributed by atoms with Gasteiger partial charge in [-0.3, -0.25) is 0 Å². The van der Waals surface area contributed by atoms with Gasteiger partial charge in [0, 0.05) is 49.5 Å². The van der Waals surface area contributed by atoms with Gasteiger partial charge in [0.15, 0.2) is 0 Å². The van der Waals surface area contributed by atoms with E-state index >= 15 is 0 Å². The number of hydrogen-bond acceptors (Lipinski definition) is 3. The monoisotopic (exact) mass is 927 g/mol. The molecule has 13 aromatic rings. The molecule has 2 spiro atoms. The van der Waals surface area contributed by atoms with Crippen molar-refractivity contribution in [2.75, 3.05) is 4.90 Å². The Kier molecular flexibility index (Phi) is 7.60. The van der Waals surface area contributed by atoms with Crippen LogP contribution in [0.1, 0.15) is 44.5 Å². The topological polar surface area (TPSA) is 25.6 Å². The number of benzene rings is 12. The summed E-state index contributed by atoms with van der Waals surface area (Å²) in [4.78, 5) is 2.57. The molecule has 3 heteroatoms. The van der Waals surface area contributed by atoms with Crippen LogP contribution < -0.4 is 9.64 Å². The molecule has 0 fully saturated rings. The van der Waals surface area contributed by atoms with E-state index in [2.05, 4.69) is 254 Å². The van der Waals surface area contributed by atoms with E-state index in [-0.39, 0.29) is 0 Å². The quantitative estimate of drug-likeness (QED) is 0.177. The third-order valence-corrected chi connectivity index (χ3v) is 16.9. The smallest absolute Gasteiger partial charge is 0.140 e. The van der Waals surface area contributed by atoms with Gasteiger partial charge < -0.3 is 14.1 Å². The Morgan fingerprint density at radius 1 is 0.288 bits per heavy atom. The summed E-state index contributed by atoms with van der Waals surface area (Å²) in [7, 11) is 0. The van der Waals surface area contributed by atoms with Gasteiger partial charge in [-0.1, -0.05) is 212 Å². The Hall–Kier alpha value is -9.44. The maximum atomic E-state index is 7.37. The first-order chi connectivity index (χ1) is 36.2. The van der Waals surface area contributed by atoms with Gasteiger partial charge in [-0.25, -0.2) is 0 Å². The maximum absolute atomic E-state index is 7.37.